The van der Waals surface area contributed by atoms with Crippen molar-refractivity contribution in [2.45, 2.75) is 27.2 Å². The molecule has 2 N–H and O–H groups in total. The number of rotatable bonds is 2. The number of aryl methyl sites for hydroxylation is 1. The van der Waals surface area contributed by atoms with Gasteiger partial charge in [0.2, 0.25) is 0 Å². The van der Waals surface area contributed by atoms with Crippen LogP contribution in [-0.2, 0) is 0 Å². The van der Waals surface area contributed by atoms with Crippen LogP contribution in [0, 0.1) is 6.92 Å². The molecule has 0 unspecified atom stereocenters. The Morgan fingerprint density at radius 2 is 1.92 bits per heavy atom. The maximum Gasteiger partial charge on any atom is 0.0379 e. The molecular formula is C12H17N. The standard InChI is InChI=1S/C12H17N/c1-4-9(2)12(13)11-8-6-5-7-10(11)3/h5-8H,4,13H2,1-3H3/b12-9-. The van der Waals surface area contributed by atoms with Crippen molar-refractivity contribution in [1.29, 1.82) is 0 Å². The first-order valence-electron chi connectivity index (χ1n) is 4.68. The van der Waals surface area contributed by atoms with Crippen molar-refractivity contribution in [2.24, 2.45) is 5.73 Å². The summed E-state index contributed by atoms with van der Waals surface area (Å²) >= 11 is 0. The summed E-state index contributed by atoms with van der Waals surface area (Å²) < 4.78 is 0. The van der Waals surface area contributed by atoms with Crippen LogP contribution in [-0.4, -0.2) is 0 Å². The minimum Gasteiger partial charge on any atom is -0.398 e. The molecule has 0 saturated heterocycles. The van der Waals surface area contributed by atoms with Gasteiger partial charge in [-0.1, -0.05) is 31.2 Å². The van der Waals surface area contributed by atoms with Crippen molar-refractivity contribution in [3.63, 3.8) is 0 Å². The topological polar surface area (TPSA) is 26.0 Å². The highest BCUT2D eigenvalue weighted by molar-refractivity contribution is 5.67. The van der Waals surface area contributed by atoms with E-state index < -0.39 is 0 Å². The molecule has 1 heteroatoms. The van der Waals surface area contributed by atoms with E-state index in [1.807, 2.05) is 12.1 Å². The molecule has 0 aliphatic carbocycles. The molecule has 1 nitrogen and oxygen atoms in total. The van der Waals surface area contributed by atoms with Crippen molar-refractivity contribution < 1.29 is 0 Å². The predicted molar refractivity (Wildman–Crippen MR) is 58.3 cm³/mol. The van der Waals surface area contributed by atoms with Crippen LogP contribution < -0.4 is 5.73 Å². The lowest BCUT2D eigenvalue weighted by Gasteiger charge is -2.08. The van der Waals surface area contributed by atoms with E-state index >= 15 is 0 Å². The first kappa shape index (κ1) is 9.85. The van der Waals surface area contributed by atoms with Gasteiger partial charge in [0, 0.05) is 11.3 Å². The Hall–Kier alpha value is -1.24. The number of allylic oxidation sites excluding steroid dienone is 1. The van der Waals surface area contributed by atoms with Crippen LogP contribution in [0.15, 0.2) is 29.8 Å². The second-order valence-corrected chi connectivity index (χ2v) is 3.36. The van der Waals surface area contributed by atoms with Gasteiger partial charge in [0.25, 0.3) is 0 Å². The molecule has 1 aromatic carbocycles. The Morgan fingerprint density at radius 3 is 2.46 bits per heavy atom. The summed E-state index contributed by atoms with van der Waals surface area (Å²) in [5, 5.41) is 0. The molecule has 0 aromatic heterocycles. The van der Waals surface area contributed by atoms with Gasteiger partial charge in [0.05, 0.1) is 0 Å². The minimum absolute atomic E-state index is 0.931. The van der Waals surface area contributed by atoms with Crippen LogP contribution in [0.2, 0.25) is 0 Å². The second-order valence-electron chi connectivity index (χ2n) is 3.36. The summed E-state index contributed by atoms with van der Waals surface area (Å²) in [5.41, 5.74) is 10.6. The highest BCUT2D eigenvalue weighted by atomic mass is 14.6. The summed E-state index contributed by atoms with van der Waals surface area (Å²) in [4.78, 5) is 0. The van der Waals surface area contributed by atoms with Gasteiger partial charge in [0.1, 0.15) is 0 Å². The highest BCUT2D eigenvalue weighted by Crippen LogP contribution is 2.18. The van der Waals surface area contributed by atoms with Crippen molar-refractivity contribution in [2.75, 3.05) is 0 Å². The molecule has 1 aromatic rings. The van der Waals surface area contributed by atoms with Gasteiger partial charge in [-0.25, -0.2) is 0 Å². The van der Waals surface area contributed by atoms with Gasteiger partial charge in [-0.3, -0.25) is 0 Å². The number of nitrogens with two attached hydrogens (primary N) is 1. The van der Waals surface area contributed by atoms with Gasteiger partial charge >= 0.3 is 0 Å². The van der Waals surface area contributed by atoms with Crippen molar-refractivity contribution in [1.82, 2.24) is 0 Å². The van der Waals surface area contributed by atoms with Crippen LogP contribution >= 0.6 is 0 Å². The maximum atomic E-state index is 6.03. The Bertz CT molecular complexity index is 324. The van der Waals surface area contributed by atoms with Crippen LogP contribution in [0.1, 0.15) is 31.4 Å². The molecule has 0 saturated carbocycles. The lowest BCUT2D eigenvalue weighted by atomic mass is 10.0. The normalized spacial score (nSPS) is 12.5. The molecular weight excluding hydrogens is 158 g/mol. The van der Waals surface area contributed by atoms with Gasteiger partial charge in [-0.2, -0.15) is 0 Å². The van der Waals surface area contributed by atoms with E-state index in [9.17, 15) is 0 Å². The summed E-state index contributed by atoms with van der Waals surface area (Å²) in [6, 6.07) is 8.22. The summed E-state index contributed by atoms with van der Waals surface area (Å²) in [7, 11) is 0. The average Bonchev–Trinajstić information content (AvgIpc) is 2.16. The fourth-order valence-corrected chi connectivity index (χ4v) is 1.30. The maximum absolute atomic E-state index is 6.03. The third-order valence-electron chi connectivity index (χ3n) is 2.43. The molecule has 0 amide bonds. The van der Waals surface area contributed by atoms with E-state index in [0.717, 1.165) is 12.1 Å². The molecule has 0 spiro atoms. The SMILES string of the molecule is CC/C(C)=C(\N)c1ccccc1C. The monoisotopic (exact) mass is 175 g/mol. The van der Waals surface area contributed by atoms with E-state index in [1.165, 1.54) is 16.7 Å². The first-order chi connectivity index (χ1) is 6.16. The van der Waals surface area contributed by atoms with Crippen LogP contribution in [0.5, 0.6) is 0 Å². The van der Waals surface area contributed by atoms with Gasteiger partial charge < -0.3 is 5.73 Å². The molecule has 13 heavy (non-hydrogen) atoms. The molecule has 0 aliphatic heterocycles. The molecule has 0 heterocycles. The van der Waals surface area contributed by atoms with Crippen molar-refractivity contribution in [3.8, 4) is 0 Å². The lowest BCUT2D eigenvalue weighted by Crippen LogP contribution is -2.01. The quantitative estimate of drug-likeness (QED) is 0.734. The molecule has 1 rings (SSSR count). The van der Waals surface area contributed by atoms with E-state index in [2.05, 4.69) is 32.9 Å². The smallest absolute Gasteiger partial charge is 0.0379 e. The summed E-state index contributed by atoms with van der Waals surface area (Å²) in [6.45, 7) is 6.30. The largest absolute Gasteiger partial charge is 0.398 e. The van der Waals surface area contributed by atoms with Crippen LogP contribution in [0.3, 0.4) is 0 Å². The molecule has 0 bridgehead atoms. The Labute approximate surface area is 80.3 Å². The lowest BCUT2D eigenvalue weighted by molar-refractivity contribution is 1.09. The second kappa shape index (κ2) is 4.13. The molecule has 0 aliphatic rings. The van der Waals surface area contributed by atoms with Gasteiger partial charge in [-0.15, -0.1) is 0 Å². The third kappa shape index (κ3) is 2.11. The Balaban J connectivity index is 3.16. The summed E-state index contributed by atoms with van der Waals surface area (Å²) in [5.74, 6) is 0. The zero-order valence-electron chi connectivity index (χ0n) is 8.59. The van der Waals surface area contributed by atoms with E-state index in [0.29, 0.717) is 0 Å². The highest BCUT2D eigenvalue weighted by Gasteiger charge is 2.02. The summed E-state index contributed by atoms with van der Waals surface area (Å²) in [6.07, 6.45) is 1.01. The molecule has 0 radical (unpaired) electrons. The zero-order chi connectivity index (χ0) is 9.84. The fraction of sp³-hybridized carbons (Fsp3) is 0.333. The molecule has 0 fully saturated rings. The van der Waals surface area contributed by atoms with Gasteiger partial charge in [-0.05, 0) is 31.4 Å². The van der Waals surface area contributed by atoms with Crippen molar-refractivity contribution in [3.05, 3.63) is 41.0 Å². The van der Waals surface area contributed by atoms with Crippen LogP contribution in [0.25, 0.3) is 5.70 Å². The number of hydrogen-bond acceptors (Lipinski definition) is 1. The van der Waals surface area contributed by atoms with Crippen molar-refractivity contribution >= 4 is 5.70 Å². The van der Waals surface area contributed by atoms with E-state index in [4.69, 9.17) is 5.73 Å². The third-order valence-corrected chi connectivity index (χ3v) is 2.43. The Kier molecular flexibility index (Phi) is 3.13. The minimum atomic E-state index is 0.931. The Morgan fingerprint density at radius 1 is 1.31 bits per heavy atom. The number of benzene rings is 1. The van der Waals surface area contributed by atoms with E-state index in [-0.39, 0.29) is 0 Å². The molecule has 0 atom stereocenters. The van der Waals surface area contributed by atoms with E-state index in [1.54, 1.807) is 0 Å². The first-order valence-corrected chi connectivity index (χ1v) is 4.68. The molecule has 70 valence electrons. The van der Waals surface area contributed by atoms with Crippen LogP contribution in [0.4, 0.5) is 0 Å². The predicted octanol–water partition coefficient (Wildman–Crippen LogP) is 3.09. The average molecular weight is 175 g/mol. The van der Waals surface area contributed by atoms with Gasteiger partial charge in [0.15, 0.2) is 0 Å². The zero-order valence-corrected chi connectivity index (χ0v) is 8.59. The number of hydrogen-bond donors (Lipinski definition) is 1. The fourth-order valence-electron chi connectivity index (χ4n) is 1.30.